The molecule has 0 aliphatic carbocycles. The van der Waals surface area contributed by atoms with Crippen molar-refractivity contribution in [3.63, 3.8) is 0 Å². The van der Waals surface area contributed by atoms with E-state index in [0.717, 1.165) is 52.9 Å². The van der Waals surface area contributed by atoms with Gasteiger partial charge in [-0.25, -0.2) is 0 Å². The van der Waals surface area contributed by atoms with Crippen LogP contribution in [0.4, 0.5) is 5.69 Å². The highest BCUT2D eigenvalue weighted by atomic mass is 35.5. The van der Waals surface area contributed by atoms with Gasteiger partial charge in [-0.05, 0) is 63.1 Å². The van der Waals surface area contributed by atoms with E-state index >= 15 is 0 Å². The number of carbonyl (C=O) groups excluding carboxylic acids is 1. The van der Waals surface area contributed by atoms with E-state index in [4.69, 9.17) is 16.3 Å². The van der Waals surface area contributed by atoms with Crippen molar-refractivity contribution in [3.05, 3.63) is 64.4 Å². The normalized spacial score (nSPS) is 10.8. The molecule has 2 aromatic carbocycles. The molecule has 3 rings (SSSR count). The van der Waals surface area contributed by atoms with Crippen molar-refractivity contribution in [3.8, 4) is 5.75 Å². The summed E-state index contributed by atoms with van der Waals surface area (Å²) in [6, 6.07) is 13.4. The van der Waals surface area contributed by atoms with Crippen LogP contribution in [0.5, 0.6) is 5.75 Å². The molecule has 0 saturated heterocycles. The summed E-state index contributed by atoms with van der Waals surface area (Å²) in [6.45, 7) is 7.38. The molecule has 6 nitrogen and oxygen atoms in total. The molecule has 8 heteroatoms. The summed E-state index contributed by atoms with van der Waals surface area (Å²) in [7, 11) is 0. The van der Waals surface area contributed by atoms with E-state index in [1.54, 1.807) is 0 Å². The molecule has 0 fully saturated rings. The third kappa shape index (κ3) is 6.74. The summed E-state index contributed by atoms with van der Waals surface area (Å²) in [6.07, 6.45) is 1.57. The molecule has 3 aromatic rings. The van der Waals surface area contributed by atoms with Gasteiger partial charge >= 0.3 is 0 Å². The molecule has 0 saturated carbocycles. The highest BCUT2D eigenvalue weighted by Crippen LogP contribution is 2.22. The summed E-state index contributed by atoms with van der Waals surface area (Å²) in [5.74, 6) is 1.97. The predicted octanol–water partition coefficient (Wildman–Crippen LogP) is 5.31. The topological polar surface area (TPSA) is 69.0 Å². The summed E-state index contributed by atoms with van der Waals surface area (Å²) in [4.78, 5) is 12.3. The van der Waals surface area contributed by atoms with Crippen molar-refractivity contribution in [1.29, 1.82) is 0 Å². The average molecular weight is 459 g/mol. The van der Waals surface area contributed by atoms with Crippen LogP contribution < -0.4 is 10.1 Å². The highest BCUT2D eigenvalue weighted by molar-refractivity contribution is 7.99. The average Bonchev–Trinajstić information content (AvgIpc) is 3.14. The quantitative estimate of drug-likeness (QED) is 0.329. The Morgan fingerprint density at radius 2 is 1.94 bits per heavy atom. The molecule has 0 spiro atoms. The lowest BCUT2D eigenvalue weighted by molar-refractivity contribution is -0.113. The molecule has 1 heterocycles. The number of anilines is 1. The lowest BCUT2D eigenvalue weighted by atomic mass is 10.2. The van der Waals surface area contributed by atoms with Gasteiger partial charge in [-0.3, -0.25) is 4.79 Å². The lowest BCUT2D eigenvalue weighted by Gasteiger charge is -2.10. The zero-order valence-corrected chi connectivity index (χ0v) is 19.6. The van der Waals surface area contributed by atoms with E-state index < -0.39 is 0 Å². The van der Waals surface area contributed by atoms with E-state index in [-0.39, 0.29) is 11.7 Å². The third-order valence-electron chi connectivity index (χ3n) is 4.72. The number of ether oxygens (including phenoxy) is 1. The number of halogens is 1. The summed E-state index contributed by atoms with van der Waals surface area (Å²) in [5.41, 5.74) is 2.97. The maximum absolute atomic E-state index is 12.3. The molecule has 164 valence electrons. The Kier molecular flexibility index (Phi) is 8.37. The van der Waals surface area contributed by atoms with Crippen molar-refractivity contribution < 1.29 is 9.53 Å². The number of hydrogen-bond acceptors (Lipinski definition) is 5. The van der Waals surface area contributed by atoms with Crippen LogP contribution in [0.2, 0.25) is 5.02 Å². The number of hydrogen-bond donors (Lipinski definition) is 1. The number of thioether (sulfide) groups is 1. The third-order valence-corrected chi connectivity index (χ3v) is 5.92. The largest absolute Gasteiger partial charge is 0.493 e. The fourth-order valence-electron chi connectivity index (χ4n) is 3.08. The maximum Gasteiger partial charge on any atom is 0.234 e. The van der Waals surface area contributed by atoms with E-state index in [0.29, 0.717) is 11.6 Å². The summed E-state index contributed by atoms with van der Waals surface area (Å²) in [5, 5.41) is 13.0. The predicted molar refractivity (Wildman–Crippen MR) is 126 cm³/mol. The molecule has 0 aliphatic rings. The van der Waals surface area contributed by atoms with Gasteiger partial charge in [0.1, 0.15) is 11.6 Å². The van der Waals surface area contributed by atoms with Gasteiger partial charge in [0.2, 0.25) is 5.91 Å². The van der Waals surface area contributed by atoms with Gasteiger partial charge in [0.05, 0.1) is 12.4 Å². The number of benzene rings is 2. The Bertz CT molecular complexity index is 1020. The molecular formula is C23H27ClN4O2S. The number of rotatable bonds is 10. The van der Waals surface area contributed by atoms with Gasteiger partial charge in [-0.1, -0.05) is 41.1 Å². The van der Waals surface area contributed by atoms with Crippen LogP contribution in [0.15, 0.2) is 47.6 Å². The Labute approximate surface area is 192 Å². The van der Waals surface area contributed by atoms with Crippen LogP contribution in [0.3, 0.4) is 0 Å². The van der Waals surface area contributed by atoms with Gasteiger partial charge < -0.3 is 14.6 Å². The zero-order valence-electron chi connectivity index (χ0n) is 18.0. The number of nitrogens with zero attached hydrogens (tertiary/aromatic N) is 3. The molecule has 1 N–H and O–H groups in total. The minimum atomic E-state index is -0.0622. The Hall–Kier alpha value is -2.51. The second-order valence-corrected chi connectivity index (χ2v) is 8.59. The van der Waals surface area contributed by atoms with Crippen LogP contribution in [-0.2, 0) is 17.8 Å². The second kappa shape index (κ2) is 11.2. The fourth-order valence-corrected chi connectivity index (χ4v) is 4.13. The Morgan fingerprint density at radius 1 is 1.16 bits per heavy atom. The monoisotopic (exact) mass is 458 g/mol. The fraction of sp³-hybridized carbons (Fsp3) is 0.348. The van der Waals surface area contributed by atoms with Crippen molar-refractivity contribution in [2.24, 2.45) is 0 Å². The molecule has 1 amide bonds. The number of carbonyl (C=O) groups is 1. The Balaban J connectivity index is 1.48. The van der Waals surface area contributed by atoms with Crippen LogP contribution >= 0.6 is 23.4 Å². The first kappa shape index (κ1) is 23.2. The molecular weight excluding hydrogens is 432 g/mol. The first-order chi connectivity index (χ1) is 15.0. The van der Waals surface area contributed by atoms with Crippen molar-refractivity contribution in [2.45, 2.75) is 45.3 Å². The minimum Gasteiger partial charge on any atom is -0.493 e. The molecule has 0 bridgehead atoms. The van der Waals surface area contributed by atoms with Crippen LogP contribution in [0.1, 0.15) is 30.3 Å². The van der Waals surface area contributed by atoms with Gasteiger partial charge in [0.15, 0.2) is 5.16 Å². The van der Waals surface area contributed by atoms with Crippen molar-refractivity contribution in [1.82, 2.24) is 14.8 Å². The van der Waals surface area contributed by atoms with Crippen molar-refractivity contribution >= 4 is 35.0 Å². The van der Waals surface area contributed by atoms with Crippen LogP contribution in [0, 0.1) is 13.8 Å². The van der Waals surface area contributed by atoms with E-state index in [1.165, 1.54) is 11.8 Å². The van der Waals surface area contributed by atoms with Gasteiger partial charge in [0, 0.05) is 23.7 Å². The molecule has 0 atom stereocenters. The molecule has 1 aromatic heterocycles. The molecule has 0 aliphatic heterocycles. The standard InChI is InChI=1S/C23H27ClN4O2S/c1-4-28-21(6-5-13-30-20-12-9-18(24)14-17(20)3)26-27-23(28)31-15-22(29)25-19-10-7-16(2)8-11-19/h7-12,14H,4-6,13,15H2,1-3H3,(H,25,29). The second-order valence-electron chi connectivity index (χ2n) is 7.21. The first-order valence-electron chi connectivity index (χ1n) is 10.3. The summed E-state index contributed by atoms with van der Waals surface area (Å²) < 4.78 is 7.92. The van der Waals surface area contributed by atoms with E-state index in [2.05, 4.69) is 27.0 Å². The maximum atomic E-state index is 12.3. The number of aromatic nitrogens is 3. The molecule has 0 radical (unpaired) electrons. The lowest BCUT2D eigenvalue weighted by Crippen LogP contribution is -2.14. The van der Waals surface area contributed by atoms with E-state index in [9.17, 15) is 4.79 Å². The van der Waals surface area contributed by atoms with Gasteiger partial charge in [0.25, 0.3) is 0 Å². The smallest absolute Gasteiger partial charge is 0.234 e. The molecule has 31 heavy (non-hydrogen) atoms. The van der Waals surface area contributed by atoms with Crippen molar-refractivity contribution in [2.75, 3.05) is 17.7 Å². The van der Waals surface area contributed by atoms with Gasteiger partial charge in [-0.15, -0.1) is 10.2 Å². The zero-order chi connectivity index (χ0) is 22.2. The van der Waals surface area contributed by atoms with E-state index in [1.807, 2.05) is 56.3 Å². The number of nitrogens with one attached hydrogen (secondary N) is 1. The SMILES string of the molecule is CCn1c(CCCOc2ccc(Cl)cc2C)nnc1SCC(=O)Nc1ccc(C)cc1. The summed E-state index contributed by atoms with van der Waals surface area (Å²) >= 11 is 7.38. The van der Waals surface area contributed by atoms with Crippen LogP contribution in [0.25, 0.3) is 0 Å². The highest BCUT2D eigenvalue weighted by Gasteiger charge is 2.13. The first-order valence-corrected chi connectivity index (χ1v) is 11.6. The van der Waals surface area contributed by atoms with Gasteiger partial charge in [-0.2, -0.15) is 0 Å². The minimum absolute atomic E-state index is 0.0622. The molecule has 0 unspecified atom stereocenters. The number of amides is 1. The van der Waals surface area contributed by atoms with Crippen LogP contribution in [-0.4, -0.2) is 33.0 Å². The number of aryl methyl sites for hydroxylation is 3. The Morgan fingerprint density at radius 3 is 2.65 bits per heavy atom.